The Morgan fingerprint density at radius 1 is 1.25 bits per heavy atom. The maximum Gasteiger partial charge on any atom is 0.176 e. The van der Waals surface area contributed by atoms with E-state index in [1.165, 1.54) is 12.1 Å². The number of rotatable bonds is 7. The molecule has 0 saturated heterocycles. The summed E-state index contributed by atoms with van der Waals surface area (Å²) in [6, 6.07) is 2.44. The third-order valence-electron chi connectivity index (χ3n) is 2.04. The van der Waals surface area contributed by atoms with Crippen molar-refractivity contribution in [3.05, 3.63) is 25.3 Å². The van der Waals surface area contributed by atoms with Crippen molar-refractivity contribution in [3.63, 3.8) is 0 Å². The van der Waals surface area contributed by atoms with Gasteiger partial charge in [-0.2, -0.15) is 0 Å². The first-order valence-corrected chi connectivity index (χ1v) is 6.75. The quantitative estimate of drug-likeness (QED) is 0.437. The molecular formula is C10H20OSi. The van der Waals surface area contributed by atoms with Gasteiger partial charge in [-0.05, 0) is 12.1 Å². The molecule has 0 aliphatic carbocycles. The minimum atomic E-state index is -0.872. The molecule has 0 aromatic rings. The Hall–Kier alpha value is -0.343. The van der Waals surface area contributed by atoms with E-state index in [9.17, 15) is 0 Å². The van der Waals surface area contributed by atoms with Gasteiger partial charge in [0.15, 0.2) is 9.04 Å². The zero-order chi connectivity index (χ0) is 9.40. The first-order chi connectivity index (χ1) is 5.78. The van der Waals surface area contributed by atoms with Crippen LogP contribution in [0.2, 0.25) is 12.1 Å². The van der Waals surface area contributed by atoms with E-state index in [0.717, 1.165) is 6.61 Å². The van der Waals surface area contributed by atoms with Gasteiger partial charge in [0, 0.05) is 12.5 Å². The van der Waals surface area contributed by atoms with E-state index in [4.69, 9.17) is 4.43 Å². The molecule has 0 saturated carbocycles. The van der Waals surface area contributed by atoms with Gasteiger partial charge in [0.05, 0.1) is 0 Å². The molecule has 0 aliphatic heterocycles. The molecule has 0 aromatic carbocycles. The summed E-state index contributed by atoms with van der Waals surface area (Å²) in [6.07, 6.45) is 3.79. The van der Waals surface area contributed by atoms with Crippen LogP contribution < -0.4 is 0 Å². The smallest absolute Gasteiger partial charge is 0.176 e. The lowest BCUT2D eigenvalue weighted by atomic mass is 10.2. The van der Waals surface area contributed by atoms with Crippen molar-refractivity contribution < 1.29 is 4.43 Å². The van der Waals surface area contributed by atoms with Crippen molar-refractivity contribution in [2.75, 3.05) is 6.61 Å². The molecule has 0 aromatic heterocycles. The standard InChI is InChI=1S/C10H20OSi/c1-5-10(6-2)9-11-12(7-3)8-4/h5-6,10,12H,1-2,7-9H2,3-4H3. The van der Waals surface area contributed by atoms with Crippen molar-refractivity contribution in [1.29, 1.82) is 0 Å². The zero-order valence-corrected chi connectivity index (χ0v) is 9.41. The molecule has 1 nitrogen and oxygen atoms in total. The summed E-state index contributed by atoms with van der Waals surface area (Å²) >= 11 is 0. The van der Waals surface area contributed by atoms with Crippen molar-refractivity contribution in [1.82, 2.24) is 0 Å². The molecule has 0 radical (unpaired) electrons. The van der Waals surface area contributed by atoms with E-state index in [2.05, 4.69) is 27.0 Å². The van der Waals surface area contributed by atoms with Crippen LogP contribution >= 0.6 is 0 Å². The van der Waals surface area contributed by atoms with E-state index in [-0.39, 0.29) is 0 Å². The van der Waals surface area contributed by atoms with Crippen LogP contribution in [-0.4, -0.2) is 15.6 Å². The molecule has 0 aliphatic rings. The normalized spacial score (nSPS) is 10.7. The van der Waals surface area contributed by atoms with Crippen LogP contribution in [0.1, 0.15) is 13.8 Å². The van der Waals surface area contributed by atoms with Gasteiger partial charge in [-0.15, -0.1) is 13.2 Å². The molecule has 0 rings (SSSR count). The highest BCUT2D eigenvalue weighted by Crippen LogP contribution is 2.05. The summed E-state index contributed by atoms with van der Waals surface area (Å²) in [7, 11) is -0.872. The van der Waals surface area contributed by atoms with Gasteiger partial charge in [-0.1, -0.05) is 26.0 Å². The predicted octanol–water partition coefficient (Wildman–Crippen LogP) is 2.75. The fourth-order valence-electron chi connectivity index (χ4n) is 1.00. The summed E-state index contributed by atoms with van der Waals surface area (Å²) in [5, 5.41) is 0. The van der Waals surface area contributed by atoms with Crippen molar-refractivity contribution in [2.45, 2.75) is 25.9 Å². The second-order valence-electron chi connectivity index (χ2n) is 2.91. The Bertz CT molecular complexity index is 122. The van der Waals surface area contributed by atoms with Gasteiger partial charge in [0.2, 0.25) is 0 Å². The molecule has 0 unspecified atom stereocenters. The van der Waals surface area contributed by atoms with Gasteiger partial charge in [0.1, 0.15) is 0 Å². The molecule has 0 spiro atoms. The Morgan fingerprint density at radius 3 is 2.08 bits per heavy atom. The van der Waals surface area contributed by atoms with Crippen LogP contribution in [0.15, 0.2) is 25.3 Å². The Morgan fingerprint density at radius 2 is 1.75 bits per heavy atom. The molecule has 12 heavy (non-hydrogen) atoms. The van der Waals surface area contributed by atoms with E-state index >= 15 is 0 Å². The van der Waals surface area contributed by atoms with Gasteiger partial charge in [-0.3, -0.25) is 0 Å². The lowest BCUT2D eigenvalue weighted by Crippen LogP contribution is -2.18. The Balaban J connectivity index is 3.62. The number of hydrogen-bond acceptors (Lipinski definition) is 1. The van der Waals surface area contributed by atoms with Gasteiger partial charge >= 0.3 is 0 Å². The summed E-state index contributed by atoms with van der Waals surface area (Å²) in [6.45, 7) is 12.6. The summed E-state index contributed by atoms with van der Waals surface area (Å²) in [5.74, 6) is 0.332. The molecule has 0 heterocycles. The molecule has 0 atom stereocenters. The van der Waals surface area contributed by atoms with E-state index < -0.39 is 9.04 Å². The predicted molar refractivity (Wildman–Crippen MR) is 57.9 cm³/mol. The molecule has 70 valence electrons. The Kier molecular flexibility index (Phi) is 7.10. The minimum Gasteiger partial charge on any atom is -0.419 e. The largest absolute Gasteiger partial charge is 0.419 e. The second kappa shape index (κ2) is 7.31. The van der Waals surface area contributed by atoms with Crippen molar-refractivity contribution >= 4 is 9.04 Å². The van der Waals surface area contributed by atoms with Crippen LogP contribution in [-0.2, 0) is 4.43 Å². The van der Waals surface area contributed by atoms with E-state index in [0.29, 0.717) is 5.92 Å². The molecule has 0 amide bonds. The summed E-state index contributed by atoms with van der Waals surface area (Å²) < 4.78 is 5.78. The molecule has 0 N–H and O–H groups in total. The van der Waals surface area contributed by atoms with Crippen LogP contribution in [0.5, 0.6) is 0 Å². The molecule has 2 heteroatoms. The zero-order valence-electron chi connectivity index (χ0n) is 8.25. The highest BCUT2D eigenvalue weighted by atomic mass is 28.3. The lowest BCUT2D eigenvalue weighted by Gasteiger charge is -2.14. The van der Waals surface area contributed by atoms with Crippen molar-refractivity contribution in [3.8, 4) is 0 Å². The van der Waals surface area contributed by atoms with Crippen LogP contribution in [0.4, 0.5) is 0 Å². The maximum atomic E-state index is 5.78. The minimum absolute atomic E-state index is 0.332. The third-order valence-corrected chi connectivity index (χ3v) is 4.53. The van der Waals surface area contributed by atoms with E-state index in [1.807, 2.05) is 12.2 Å². The molecular weight excluding hydrogens is 164 g/mol. The number of hydrogen-bond donors (Lipinski definition) is 0. The Labute approximate surface area is 77.9 Å². The highest BCUT2D eigenvalue weighted by molar-refractivity contribution is 6.51. The average molecular weight is 184 g/mol. The topological polar surface area (TPSA) is 9.23 Å². The van der Waals surface area contributed by atoms with Crippen molar-refractivity contribution in [2.24, 2.45) is 5.92 Å². The average Bonchev–Trinajstić information content (AvgIpc) is 2.13. The van der Waals surface area contributed by atoms with Gasteiger partial charge < -0.3 is 4.43 Å². The van der Waals surface area contributed by atoms with Gasteiger partial charge in [-0.25, -0.2) is 0 Å². The first kappa shape index (κ1) is 11.7. The van der Waals surface area contributed by atoms with E-state index in [1.54, 1.807) is 0 Å². The third kappa shape index (κ3) is 4.52. The highest BCUT2D eigenvalue weighted by Gasteiger charge is 2.07. The lowest BCUT2D eigenvalue weighted by molar-refractivity contribution is 0.298. The molecule has 0 fully saturated rings. The van der Waals surface area contributed by atoms with Gasteiger partial charge in [0.25, 0.3) is 0 Å². The second-order valence-corrected chi connectivity index (χ2v) is 6.12. The monoisotopic (exact) mass is 184 g/mol. The maximum absolute atomic E-state index is 5.78. The molecule has 0 bridgehead atoms. The summed E-state index contributed by atoms with van der Waals surface area (Å²) in [4.78, 5) is 0. The van der Waals surface area contributed by atoms with Crippen LogP contribution in [0.3, 0.4) is 0 Å². The first-order valence-electron chi connectivity index (χ1n) is 4.65. The fourth-order valence-corrected chi connectivity index (χ4v) is 2.55. The SMILES string of the molecule is C=CC(C=C)CO[SiH](CC)CC. The van der Waals surface area contributed by atoms with Crippen LogP contribution in [0, 0.1) is 5.92 Å². The summed E-state index contributed by atoms with van der Waals surface area (Å²) in [5.41, 5.74) is 0. The fraction of sp³-hybridized carbons (Fsp3) is 0.600. The van der Waals surface area contributed by atoms with Crippen LogP contribution in [0.25, 0.3) is 0 Å².